The number of benzene rings is 1. The van der Waals surface area contributed by atoms with E-state index < -0.39 is 20.9 Å². The fourth-order valence-corrected chi connectivity index (χ4v) is 2.94. The second-order valence-corrected chi connectivity index (χ2v) is 5.98. The molecule has 0 spiro atoms. The Bertz CT molecular complexity index is 560. The molecule has 0 radical (unpaired) electrons. The van der Waals surface area contributed by atoms with E-state index in [1.54, 1.807) is 6.08 Å². The van der Waals surface area contributed by atoms with Crippen molar-refractivity contribution in [3.05, 3.63) is 40.1 Å². The van der Waals surface area contributed by atoms with Crippen molar-refractivity contribution < 1.29 is 12.8 Å². The lowest BCUT2D eigenvalue weighted by Gasteiger charge is -2.07. The van der Waals surface area contributed by atoms with Crippen LogP contribution in [0.4, 0.5) is 4.39 Å². The van der Waals surface area contributed by atoms with Crippen molar-refractivity contribution in [3.8, 4) is 0 Å². The van der Waals surface area contributed by atoms with Crippen molar-refractivity contribution in [1.82, 2.24) is 4.72 Å². The van der Waals surface area contributed by atoms with Crippen molar-refractivity contribution in [1.29, 1.82) is 0 Å². The number of alkyl halides is 1. The highest BCUT2D eigenvalue weighted by atomic mass is 35.5. The third kappa shape index (κ3) is 3.83. The Kier molecular flexibility index (Phi) is 5.88. The lowest BCUT2D eigenvalue weighted by molar-refractivity contribution is 0.581. The van der Waals surface area contributed by atoms with E-state index in [0.717, 1.165) is 12.1 Å². The Morgan fingerprint density at radius 2 is 1.94 bits per heavy atom. The lowest BCUT2D eigenvalue weighted by Crippen LogP contribution is -2.24. The van der Waals surface area contributed by atoms with Gasteiger partial charge in [-0.05, 0) is 12.1 Å². The summed E-state index contributed by atoms with van der Waals surface area (Å²) < 4.78 is 39.2. The van der Waals surface area contributed by atoms with Crippen molar-refractivity contribution in [2.45, 2.75) is 4.90 Å². The summed E-state index contributed by atoms with van der Waals surface area (Å²) in [4.78, 5) is -0.356. The van der Waals surface area contributed by atoms with Gasteiger partial charge in [-0.25, -0.2) is 17.5 Å². The predicted molar refractivity (Wildman–Crippen MR) is 71.5 cm³/mol. The molecule has 0 amide bonds. The monoisotopic (exact) mass is 331 g/mol. The SMILES string of the molecule is O=S(=O)(NC/C=C/CCl)c1ccc(Cl)c(F)c1Cl. The summed E-state index contributed by atoms with van der Waals surface area (Å²) in [5.41, 5.74) is 0. The highest BCUT2D eigenvalue weighted by molar-refractivity contribution is 7.89. The van der Waals surface area contributed by atoms with Gasteiger partial charge in [0.25, 0.3) is 0 Å². The van der Waals surface area contributed by atoms with Gasteiger partial charge in [0.15, 0.2) is 5.82 Å². The summed E-state index contributed by atoms with van der Waals surface area (Å²) in [6.45, 7) is 0.0373. The number of nitrogens with one attached hydrogen (secondary N) is 1. The quantitative estimate of drug-likeness (QED) is 0.511. The van der Waals surface area contributed by atoms with E-state index >= 15 is 0 Å². The zero-order chi connectivity index (χ0) is 13.8. The number of sulfonamides is 1. The first-order chi connectivity index (χ1) is 8.40. The minimum Gasteiger partial charge on any atom is -0.207 e. The van der Waals surface area contributed by atoms with Crippen LogP contribution in [0.1, 0.15) is 0 Å². The van der Waals surface area contributed by atoms with E-state index in [-0.39, 0.29) is 22.3 Å². The normalized spacial score (nSPS) is 12.2. The maximum Gasteiger partial charge on any atom is 0.242 e. The van der Waals surface area contributed by atoms with Crippen molar-refractivity contribution in [2.75, 3.05) is 12.4 Å². The molecule has 0 atom stereocenters. The predicted octanol–water partition coefficient (Wildman–Crippen LogP) is 3.21. The molecule has 0 aliphatic carbocycles. The molecule has 0 aliphatic heterocycles. The van der Waals surface area contributed by atoms with Gasteiger partial charge in [-0.15, -0.1) is 11.6 Å². The molecule has 100 valence electrons. The van der Waals surface area contributed by atoms with Crippen LogP contribution in [0.3, 0.4) is 0 Å². The Hall–Kier alpha value is -0.330. The van der Waals surface area contributed by atoms with Crippen LogP contribution in [0, 0.1) is 5.82 Å². The largest absolute Gasteiger partial charge is 0.242 e. The first-order valence-electron chi connectivity index (χ1n) is 4.74. The molecule has 1 aromatic rings. The maximum absolute atomic E-state index is 13.4. The van der Waals surface area contributed by atoms with Crippen LogP contribution >= 0.6 is 34.8 Å². The van der Waals surface area contributed by atoms with Crippen LogP contribution in [0.5, 0.6) is 0 Å². The molecule has 3 nitrogen and oxygen atoms in total. The molecule has 1 rings (SSSR count). The summed E-state index contributed by atoms with van der Waals surface area (Å²) in [6.07, 6.45) is 3.11. The average Bonchev–Trinajstić information content (AvgIpc) is 2.31. The number of allylic oxidation sites excluding steroid dienone is 1. The smallest absolute Gasteiger partial charge is 0.207 e. The van der Waals surface area contributed by atoms with Gasteiger partial charge in [-0.2, -0.15) is 0 Å². The maximum atomic E-state index is 13.4. The number of halogens is 4. The standard InChI is InChI=1S/C10H9Cl3FNO2S/c11-5-1-2-6-15-18(16,17)8-4-3-7(12)10(14)9(8)13/h1-4,15H,5-6H2/b2-1+. The fraction of sp³-hybridized carbons (Fsp3) is 0.200. The Balaban J connectivity index is 2.99. The van der Waals surface area contributed by atoms with Crippen LogP contribution < -0.4 is 4.72 Å². The summed E-state index contributed by atoms with van der Waals surface area (Å²) in [7, 11) is -3.89. The number of hydrogen-bond acceptors (Lipinski definition) is 2. The molecule has 1 aromatic carbocycles. The Labute approximate surface area is 120 Å². The average molecular weight is 333 g/mol. The molecule has 0 bridgehead atoms. The third-order valence-corrected chi connectivity index (χ3v) is 4.35. The van der Waals surface area contributed by atoms with E-state index in [0.29, 0.717) is 0 Å². The third-order valence-electron chi connectivity index (χ3n) is 1.94. The van der Waals surface area contributed by atoms with Gasteiger partial charge in [0, 0.05) is 12.4 Å². The molecule has 1 N–H and O–H groups in total. The van der Waals surface area contributed by atoms with E-state index in [9.17, 15) is 12.8 Å². The summed E-state index contributed by atoms with van der Waals surface area (Å²) in [5.74, 6) is -0.685. The van der Waals surface area contributed by atoms with E-state index in [4.69, 9.17) is 34.8 Å². The lowest BCUT2D eigenvalue weighted by atomic mass is 10.3. The molecule has 8 heteroatoms. The van der Waals surface area contributed by atoms with Gasteiger partial charge in [0.2, 0.25) is 10.0 Å². The molecule has 0 fully saturated rings. The van der Waals surface area contributed by atoms with Gasteiger partial charge in [-0.3, -0.25) is 0 Å². The summed E-state index contributed by atoms with van der Waals surface area (Å²) >= 11 is 16.5. The van der Waals surface area contributed by atoms with E-state index in [2.05, 4.69) is 4.72 Å². The second kappa shape index (κ2) is 6.73. The first-order valence-corrected chi connectivity index (χ1v) is 7.51. The van der Waals surface area contributed by atoms with Crippen molar-refractivity contribution >= 4 is 44.8 Å². The Morgan fingerprint density at radius 3 is 2.56 bits per heavy atom. The van der Waals surface area contributed by atoms with Crippen LogP contribution in [0.2, 0.25) is 10.0 Å². The van der Waals surface area contributed by atoms with E-state index in [1.807, 2.05) is 0 Å². The van der Waals surface area contributed by atoms with E-state index in [1.165, 1.54) is 6.08 Å². The Morgan fingerprint density at radius 1 is 1.28 bits per heavy atom. The number of rotatable bonds is 5. The van der Waals surface area contributed by atoms with Crippen molar-refractivity contribution in [3.63, 3.8) is 0 Å². The molecule has 0 aromatic heterocycles. The second-order valence-electron chi connectivity index (χ2n) is 3.15. The van der Waals surface area contributed by atoms with Crippen molar-refractivity contribution in [2.24, 2.45) is 0 Å². The highest BCUT2D eigenvalue weighted by Crippen LogP contribution is 2.29. The van der Waals surface area contributed by atoms with Crippen LogP contribution in [-0.4, -0.2) is 20.8 Å². The fourth-order valence-electron chi connectivity index (χ4n) is 1.10. The van der Waals surface area contributed by atoms with Crippen LogP contribution in [0.15, 0.2) is 29.2 Å². The zero-order valence-corrected chi connectivity index (χ0v) is 12.0. The summed E-state index contributed by atoms with van der Waals surface area (Å²) in [5, 5.41) is -0.766. The highest BCUT2D eigenvalue weighted by Gasteiger charge is 2.21. The van der Waals surface area contributed by atoms with Crippen LogP contribution in [0.25, 0.3) is 0 Å². The molecular formula is C10H9Cl3FNO2S. The molecule has 0 saturated carbocycles. The molecular weight excluding hydrogens is 324 g/mol. The topological polar surface area (TPSA) is 46.2 Å². The molecule has 0 unspecified atom stereocenters. The van der Waals surface area contributed by atoms with Gasteiger partial charge in [0.05, 0.1) is 10.0 Å². The van der Waals surface area contributed by atoms with Gasteiger partial charge in [0.1, 0.15) is 4.90 Å². The minimum atomic E-state index is -3.89. The molecule has 18 heavy (non-hydrogen) atoms. The van der Waals surface area contributed by atoms with Gasteiger partial charge in [-0.1, -0.05) is 35.4 Å². The summed E-state index contributed by atoms with van der Waals surface area (Å²) in [6, 6.07) is 2.27. The van der Waals surface area contributed by atoms with Gasteiger partial charge >= 0.3 is 0 Å². The van der Waals surface area contributed by atoms with Gasteiger partial charge < -0.3 is 0 Å². The molecule has 0 heterocycles. The molecule has 0 aliphatic rings. The number of hydrogen-bond donors (Lipinski definition) is 1. The zero-order valence-electron chi connectivity index (χ0n) is 8.96. The first kappa shape index (κ1) is 15.7. The minimum absolute atomic E-state index is 0.0373. The van der Waals surface area contributed by atoms with Crippen LogP contribution in [-0.2, 0) is 10.0 Å². The molecule has 0 saturated heterocycles.